The average Bonchev–Trinajstić information content (AvgIpc) is 3.67. The maximum absolute atomic E-state index is 12.6. The maximum Gasteiger partial charge on any atom is 0.319 e. The normalized spacial score (nSPS) is 13.1. The molecule has 4 heterocycles. The van der Waals surface area contributed by atoms with Gasteiger partial charge in [-0.3, -0.25) is 4.40 Å². The summed E-state index contributed by atoms with van der Waals surface area (Å²) in [6.07, 6.45) is 3.74. The number of hydrogen-bond acceptors (Lipinski definition) is 8. The molecule has 1 fully saturated rings. The number of carbonyl (C=O) groups excluding carboxylic acids is 1. The Hall–Kier alpha value is -5.26. The Balaban J connectivity index is 1.12. The number of morpholine rings is 1. The fraction of sp³-hybridized carbons (Fsp3) is 0.152. The molecule has 0 bridgehead atoms. The first-order chi connectivity index (χ1) is 21.7. The molecule has 220 valence electrons. The summed E-state index contributed by atoms with van der Waals surface area (Å²) >= 11 is 1.55. The third-order valence-electron chi connectivity index (χ3n) is 7.35. The van der Waals surface area contributed by atoms with Crippen molar-refractivity contribution in [1.29, 1.82) is 0 Å². The second kappa shape index (κ2) is 12.5. The van der Waals surface area contributed by atoms with Crippen LogP contribution < -0.4 is 20.9 Å². The first-order valence-electron chi connectivity index (χ1n) is 14.4. The lowest BCUT2D eigenvalue weighted by Crippen LogP contribution is -2.36. The van der Waals surface area contributed by atoms with E-state index in [0.29, 0.717) is 18.2 Å². The summed E-state index contributed by atoms with van der Waals surface area (Å²) in [5.41, 5.74) is 6.98. The van der Waals surface area contributed by atoms with E-state index in [2.05, 4.69) is 38.0 Å². The minimum atomic E-state index is -0.276. The number of fused-ring (bicyclic) bond motifs is 1. The van der Waals surface area contributed by atoms with Gasteiger partial charge >= 0.3 is 6.03 Å². The SMILES string of the molecule is O=C(NCc1ccccc1)Nc1cccc(-c2nc3sccn3c2-c2ccnc(Nc3ccc(N4CCOCC4)cc3)n2)c1. The molecular weight excluding hydrogens is 572 g/mol. The summed E-state index contributed by atoms with van der Waals surface area (Å²) in [5, 5.41) is 11.2. The Morgan fingerprint density at radius 2 is 1.75 bits per heavy atom. The fourth-order valence-corrected chi connectivity index (χ4v) is 5.90. The predicted octanol–water partition coefficient (Wildman–Crippen LogP) is 6.42. The van der Waals surface area contributed by atoms with Gasteiger partial charge in [-0.1, -0.05) is 42.5 Å². The van der Waals surface area contributed by atoms with Crippen LogP contribution in [-0.4, -0.2) is 51.7 Å². The van der Waals surface area contributed by atoms with Crippen LogP contribution in [0.2, 0.25) is 0 Å². The lowest BCUT2D eigenvalue weighted by atomic mass is 10.1. The lowest BCUT2D eigenvalue weighted by Gasteiger charge is -2.28. The number of anilines is 4. The van der Waals surface area contributed by atoms with E-state index in [-0.39, 0.29) is 6.03 Å². The van der Waals surface area contributed by atoms with Crippen molar-refractivity contribution in [3.63, 3.8) is 0 Å². The van der Waals surface area contributed by atoms with E-state index in [1.165, 1.54) is 5.69 Å². The number of nitrogens with zero attached hydrogens (tertiary/aromatic N) is 5. The van der Waals surface area contributed by atoms with Crippen LogP contribution in [0.3, 0.4) is 0 Å². The van der Waals surface area contributed by atoms with Gasteiger partial charge in [0.2, 0.25) is 5.95 Å². The summed E-state index contributed by atoms with van der Waals surface area (Å²) in [4.78, 5) is 30.1. The third-order valence-corrected chi connectivity index (χ3v) is 8.11. The molecule has 1 saturated heterocycles. The minimum Gasteiger partial charge on any atom is -0.378 e. The summed E-state index contributed by atoms with van der Waals surface area (Å²) < 4.78 is 7.51. The molecule has 0 atom stereocenters. The van der Waals surface area contributed by atoms with E-state index in [4.69, 9.17) is 14.7 Å². The van der Waals surface area contributed by atoms with Gasteiger partial charge in [0.05, 0.1) is 24.6 Å². The van der Waals surface area contributed by atoms with Gasteiger partial charge in [0.1, 0.15) is 5.69 Å². The summed E-state index contributed by atoms with van der Waals surface area (Å²) in [6.45, 7) is 3.72. The van der Waals surface area contributed by atoms with Gasteiger partial charge in [0, 0.05) is 60.0 Å². The van der Waals surface area contributed by atoms with E-state index >= 15 is 0 Å². The molecule has 11 heteroatoms. The zero-order valence-corrected chi connectivity index (χ0v) is 24.6. The zero-order valence-electron chi connectivity index (χ0n) is 23.8. The first-order valence-corrected chi connectivity index (χ1v) is 15.3. The monoisotopic (exact) mass is 602 g/mol. The number of benzene rings is 3. The van der Waals surface area contributed by atoms with Gasteiger partial charge in [0.25, 0.3) is 0 Å². The summed E-state index contributed by atoms with van der Waals surface area (Å²) in [7, 11) is 0. The van der Waals surface area contributed by atoms with E-state index in [1.807, 2.05) is 88.8 Å². The molecule has 6 aromatic rings. The number of imidazole rings is 1. The van der Waals surface area contributed by atoms with E-state index in [9.17, 15) is 4.79 Å². The molecule has 2 amide bonds. The Kier molecular flexibility index (Phi) is 7.86. The smallest absolute Gasteiger partial charge is 0.319 e. The van der Waals surface area contributed by atoms with Gasteiger partial charge in [0.15, 0.2) is 4.96 Å². The van der Waals surface area contributed by atoms with Crippen molar-refractivity contribution in [3.8, 4) is 22.6 Å². The van der Waals surface area contributed by atoms with Gasteiger partial charge < -0.3 is 25.6 Å². The maximum atomic E-state index is 12.6. The van der Waals surface area contributed by atoms with Crippen LogP contribution in [0.1, 0.15) is 5.56 Å². The highest BCUT2D eigenvalue weighted by Crippen LogP contribution is 2.35. The lowest BCUT2D eigenvalue weighted by molar-refractivity contribution is 0.122. The second-order valence-electron chi connectivity index (χ2n) is 10.3. The van der Waals surface area contributed by atoms with Crippen LogP contribution in [0.5, 0.6) is 0 Å². The first kappa shape index (κ1) is 27.6. The van der Waals surface area contributed by atoms with Crippen LogP contribution in [0, 0.1) is 0 Å². The molecule has 0 saturated carbocycles. The predicted molar refractivity (Wildman–Crippen MR) is 175 cm³/mol. The van der Waals surface area contributed by atoms with Crippen molar-refractivity contribution in [2.45, 2.75) is 6.54 Å². The Morgan fingerprint density at radius 1 is 0.909 bits per heavy atom. The van der Waals surface area contributed by atoms with E-state index in [0.717, 1.165) is 65.2 Å². The molecule has 0 spiro atoms. The Labute approximate surface area is 258 Å². The standard InChI is InChI=1S/C33H30N8O2S/c42-32(35-22-23-5-2-1-3-6-23)37-26-8-4-7-24(21-26)29-30(41-17-20-44-33(41)39-29)28-13-14-34-31(38-28)36-25-9-11-27(12-10-25)40-15-18-43-19-16-40/h1-14,17,20-21H,15-16,18-19,22H2,(H,34,36,38)(H2,35,37,42). The minimum absolute atomic E-state index is 0.276. The van der Waals surface area contributed by atoms with Crippen LogP contribution in [0.25, 0.3) is 27.6 Å². The molecule has 3 N–H and O–H groups in total. The molecule has 0 unspecified atom stereocenters. The molecule has 0 radical (unpaired) electrons. The van der Waals surface area contributed by atoms with Gasteiger partial charge in [-0.15, -0.1) is 11.3 Å². The van der Waals surface area contributed by atoms with Crippen LogP contribution in [0.4, 0.5) is 27.8 Å². The number of rotatable bonds is 8. The summed E-state index contributed by atoms with van der Waals surface area (Å²) in [6, 6.07) is 27.4. The van der Waals surface area contributed by atoms with Gasteiger partial charge in [-0.25, -0.2) is 19.7 Å². The highest BCUT2D eigenvalue weighted by atomic mass is 32.1. The number of thiazole rings is 1. The number of aromatic nitrogens is 4. The molecule has 3 aromatic heterocycles. The number of urea groups is 1. The number of hydrogen-bond donors (Lipinski definition) is 3. The molecule has 7 rings (SSSR count). The van der Waals surface area contributed by atoms with E-state index < -0.39 is 0 Å². The second-order valence-corrected chi connectivity index (χ2v) is 11.1. The molecule has 1 aliphatic heterocycles. The van der Waals surface area contributed by atoms with Crippen molar-refractivity contribution in [2.24, 2.45) is 0 Å². The van der Waals surface area contributed by atoms with Crippen molar-refractivity contribution in [2.75, 3.05) is 41.8 Å². The number of carbonyl (C=O) groups is 1. The third kappa shape index (κ3) is 6.10. The van der Waals surface area contributed by atoms with E-state index in [1.54, 1.807) is 17.5 Å². The molecule has 1 aliphatic rings. The van der Waals surface area contributed by atoms with Crippen LogP contribution in [0.15, 0.2) is 103 Å². The van der Waals surface area contributed by atoms with Crippen molar-refractivity contribution in [1.82, 2.24) is 24.7 Å². The fourth-order valence-electron chi connectivity index (χ4n) is 5.19. The number of amides is 2. The van der Waals surface area contributed by atoms with Crippen LogP contribution >= 0.6 is 11.3 Å². The van der Waals surface area contributed by atoms with Crippen molar-refractivity contribution in [3.05, 3.63) is 108 Å². The highest BCUT2D eigenvalue weighted by molar-refractivity contribution is 7.15. The quantitative estimate of drug-likeness (QED) is 0.184. The van der Waals surface area contributed by atoms with Crippen LogP contribution in [-0.2, 0) is 11.3 Å². The van der Waals surface area contributed by atoms with Crippen molar-refractivity contribution >= 4 is 45.3 Å². The summed E-state index contributed by atoms with van der Waals surface area (Å²) in [5.74, 6) is 0.489. The number of nitrogens with one attached hydrogen (secondary N) is 3. The molecule has 44 heavy (non-hydrogen) atoms. The van der Waals surface area contributed by atoms with Gasteiger partial charge in [-0.2, -0.15) is 0 Å². The van der Waals surface area contributed by atoms with Gasteiger partial charge in [-0.05, 0) is 48.0 Å². The molecule has 3 aromatic carbocycles. The molecular formula is C33H30N8O2S. The molecule has 10 nitrogen and oxygen atoms in total. The largest absolute Gasteiger partial charge is 0.378 e. The average molecular weight is 603 g/mol. The number of ether oxygens (including phenoxy) is 1. The topological polar surface area (TPSA) is 109 Å². The molecule has 0 aliphatic carbocycles. The highest BCUT2D eigenvalue weighted by Gasteiger charge is 2.19. The zero-order chi connectivity index (χ0) is 29.7. The van der Waals surface area contributed by atoms with Crippen molar-refractivity contribution < 1.29 is 9.53 Å². The Morgan fingerprint density at radius 3 is 2.59 bits per heavy atom. The Bertz CT molecular complexity index is 1880.